The van der Waals surface area contributed by atoms with E-state index in [2.05, 4.69) is 5.32 Å². The number of hydrogen-bond donors (Lipinski definition) is 1. The molecule has 92 valence electrons. The van der Waals surface area contributed by atoms with Gasteiger partial charge in [-0.3, -0.25) is 4.79 Å². The Kier molecular flexibility index (Phi) is 12.9. The number of rotatable bonds is 2. The Hall–Kier alpha value is -0.570. The molecule has 3 heteroatoms. The first-order valence-corrected chi connectivity index (χ1v) is 6.15. The number of hydrogen-bond acceptors (Lipinski definition) is 2. The van der Waals surface area contributed by atoms with Crippen LogP contribution in [0.3, 0.4) is 0 Å². The van der Waals surface area contributed by atoms with Gasteiger partial charge in [-0.25, -0.2) is 0 Å². The molecule has 0 aromatic rings. The van der Waals surface area contributed by atoms with Crippen LogP contribution in [0.4, 0.5) is 0 Å². The van der Waals surface area contributed by atoms with Gasteiger partial charge in [-0.1, -0.05) is 27.7 Å². The maximum atomic E-state index is 10.8. The van der Waals surface area contributed by atoms with Gasteiger partial charge in [0.1, 0.15) is 0 Å². The topological polar surface area (TPSA) is 32.3 Å². The zero-order chi connectivity index (χ0) is 12.3. The number of carbonyl (C=O) groups excluding carboxylic acids is 1. The third kappa shape index (κ3) is 8.43. The van der Waals surface area contributed by atoms with E-state index in [-0.39, 0.29) is 5.91 Å². The Balaban J connectivity index is 0. The van der Waals surface area contributed by atoms with Gasteiger partial charge in [0, 0.05) is 26.6 Å². The van der Waals surface area contributed by atoms with Crippen molar-refractivity contribution in [3.8, 4) is 0 Å². The Bertz CT molecular complexity index is 143. The van der Waals surface area contributed by atoms with Crippen molar-refractivity contribution in [2.24, 2.45) is 0 Å². The van der Waals surface area contributed by atoms with Crippen LogP contribution in [-0.2, 0) is 4.79 Å². The SMILES string of the molecule is CC.CC.CC(=O)N(C)CC1CCCN1. The molecular formula is C12H28N2O. The second kappa shape index (κ2) is 11.5. The fourth-order valence-corrected chi connectivity index (χ4v) is 1.37. The summed E-state index contributed by atoms with van der Waals surface area (Å²) in [6.45, 7) is 11.6. The molecule has 1 amide bonds. The molecule has 0 bridgehead atoms. The molecule has 1 fully saturated rings. The van der Waals surface area contributed by atoms with Gasteiger partial charge in [0.15, 0.2) is 0 Å². The van der Waals surface area contributed by atoms with Crippen LogP contribution in [0.2, 0.25) is 0 Å². The summed E-state index contributed by atoms with van der Waals surface area (Å²) in [5.41, 5.74) is 0. The highest BCUT2D eigenvalue weighted by Crippen LogP contribution is 2.05. The van der Waals surface area contributed by atoms with Crippen molar-refractivity contribution in [2.45, 2.75) is 53.5 Å². The summed E-state index contributed by atoms with van der Waals surface area (Å²) in [6, 6.07) is 0.531. The van der Waals surface area contributed by atoms with Crippen LogP contribution in [0.15, 0.2) is 0 Å². The normalized spacial score (nSPS) is 18.1. The lowest BCUT2D eigenvalue weighted by molar-refractivity contribution is -0.127. The quantitative estimate of drug-likeness (QED) is 0.768. The van der Waals surface area contributed by atoms with Gasteiger partial charge in [-0.2, -0.15) is 0 Å². The Morgan fingerprint density at radius 2 is 1.87 bits per heavy atom. The van der Waals surface area contributed by atoms with E-state index in [9.17, 15) is 4.79 Å². The van der Waals surface area contributed by atoms with Crippen LogP contribution in [0, 0.1) is 0 Å². The summed E-state index contributed by atoms with van der Waals surface area (Å²) in [7, 11) is 1.85. The number of amides is 1. The highest BCUT2D eigenvalue weighted by Gasteiger charge is 2.16. The Morgan fingerprint density at radius 3 is 2.20 bits per heavy atom. The molecule has 15 heavy (non-hydrogen) atoms. The lowest BCUT2D eigenvalue weighted by Gasteiger charge is -2.19. The van der Waals surface area contributed by atoms with Crippen LogP contribution in [0.1, 0.15) is 47.5 Å². The average Bonchev–Trinajstić information content (AvgIpc) is 2.76. The van der Waals surface area contributed by atoms with E-state index in [0.717, 1.165) is 13.1 Å². The lowest BCUT2D eigenvalue weighted by Crippen LogP contribution is -2.37. The predicted octanol–water partition coefficient (Wildman–Crippen LogP) is 2.27. The Labute approximate surface area is 95.2 Å². The molecule has 1 N–H and O–H groups in total. The Morgan fingerprint density at radius 1 is 1.33 bits per heavy atom. The molecule has 0 radical (unpaired) electrons. The summed E-state index contributed by atoms with van der Waals surface area (Å²) < 4.78 is 0. The summed E-state index contributed by atoms with van der Waals surface area (Å²) in [6.07, 6.45) is 2.45. The average molecular weight is 216 g/mol. The smallest absolute Gasteiger partial charge is 0.219 e. The molecule has 0 aliphatic carbocycles. The highest BCUT2D eigenvalue weighted by atomic mass is 16.2. The van der Waals surface area contributed by atoms with Gasteiger partial charge in [-0.05, 0) is 19.4 Å². The van der Waals surface area contributed by atoms with Crippen molar-refractivity contribution in [3.63, 3.8) is 0 Å². The van der Waals surface area contributed by atoms with Crippen molar-refractivity contribution in [1.29, 1.82) is 0 Å². The second-order valence-corrected chi connectivity index (χ2v) is 3.19. The van der Waals surface area contributed by atoms with E-state index < -0.39 is 0 Å². The van der Waals surface area contributed by atoms with Crippen LogP contribution in [-0.4, -0.2) is 37.0 Å². The summed E-state index contributed by atoms with van der Waals surface area (Å²) in [4.78, 5) is 12.6. The number of nitrogens with one attached hydrogen (secondary N) is 1. The molecule has 3 nitrogen and oxygen atoms in total. The van der Waals surface area contributed by atoms with E-state index in [1.807, 2.05) is 34.7 Å². The molecule has 1 rings (SSSR count). The minimum atomic E-state index is 0.152. The van der Waals surface area contributed by atoms with Crippen molar-refractivity contribution in [1.82, 2.24) is 10.2 Å². The monoisotopic (exact) mass is 216 g/mol. The van der Waals surface area contributed by atoms with Crippen LogP contribution >= 0.6 is 0 Å². The van der Waals surface area contributed by atoms with Gasteiger partial charge in [0.2, 0.25) is 5.91 Å². The molecule has 1 heterocycles. The molecule has 0 aromatic heterocycles. The van der Waals surface area contributed by atoms with Crippen molar-refractivity contribution in [2.75, 3.05) is 20.1 Å². The van der Waals surface area contributed by atoms with E-state index in [1.54, 1.807) is 11.8 Å². The molecule has 0 saturated carbocycles. The number of nitrogens with zero attached hydrogens (tertiary/aromatic N) is 1. The molecule has 1 unspecified atom stereocenters. The van der Waals surface area contributed by atoms with E-state index in [0.29, 0.717) is 6.04 Å². The minimum Gasteiger partial charge on any atom is -0.344 e. The summed E-state index contributed by atoms with van der Waals surface area (Å²) >= 11 is 0. The fraction of sp³-hybridized carbons (Fsp3) is 0.917. The van der Waals surface area contributed by atoms with Gasteiger partial charge in [0.05, 0.1) is 0 Å². The maximum Gasteiger partial charge on any atom is 0.219 e. The third-order valence-electron chi connectivity index (χ3n) is 2.19. The predicted molar refractivity (Wildman–Crippen MR) is 67.0 cm³/mol. The maximum absolute atomic E-state index is 10.8. The van der Waals surface area contributed by atoms with Gasteiger partial charge >= 0.3 is 0 Å². The zero-order valence-corrected chi connectivity index (χ0v) is 11.3. The molecule has 1 aliphatic rings. The van der Waals surface area contributed by atoms with Crippen LogP contribution < -0.4 is 5.32 Å². The fourth-order valence-electron chi connectivity index (χ4n) is 1.37. The minimum absolute atomic E-state index is 0.152. The van der Waals surface area contributed by atoms with E-state index >= 15 is 0 Å². The van der Waals surface area contributed by atoms with Crippen molar-refractivity contribution >= 4 is 5.91 Å². The van der Waals surface area contributed by atoms with Gasteiger partial charge in [-0.15, -0.1) is 0 Å². The lowest BCUT2D eigenvalue weighted by atomic mass is 10.2. The van der Waals surface area contributed by atoms with E-state index in [4.69, 9.17) is 0 Å². The largest absolute Gasteiger partial charge is 0.344 e. The first kappa shape index (κ1) is 16.8. The van der Waals surface area contributed by atoms with Crippen LogP contribution in [0.5, 0.6) is 0 Å². The summed E-state index contributed by atoms with van der Waals surface area (Å²) in [5, 5.41) is 3.35. The molecule has 0 aromatic carbocycles. The standard InChI is InChI=1S/C8H16N2O.2C2H6/c1-7(11)10(2)6-8-4-3-5-9-8;2*1-2/h8-9H,3-6H2,1-2H3;2*1-2H3. The number of carbonyl (C=O) groups is 1. The first-order chi connectivity index (χ1) is 7.20. The second-order valence-electron chi connectivity index (χ2n) is 3.19. The van der Waals surface area contributed by atoms with Gasteiger partial charge < -0.3 is 10.2 Å². The molecule has 1 saturated heterocycles. The van der Waals surface area contributed by atoms with Crippen molar-refractivity contribution in [3.05, 3.63) is 0 Å². The number of likely N-dealkylation sites (N-methyl/N-ethyl adjacent to an activating group) is 1. The molecule has 1 aliphatic heterocycles. The van der Waals surface area contributed by atoms with Crippen LogP contribution in [0.25, 0.3) is 0 Å². The highest BCUT2D eigenvalue weighted by molar-refractivity contribution is 5.72. The molecule has 1 atom stereocenters. The van der Waals surface area contributed by atoms with Crippen molar-refractivity contribution < 1.29 is 4.79 Å². The summed E-state index contributed by atoms with van der Waals surface area (Å²) in [5.74, 6) is 0.152. The molecule has 0 spiro atoms. The van der Waals surface area contributed by atoms with Gasteiger partial charge in [0.25, 0.3) is 0 Å². The zero-order valence-electron chi connectivity index (χ0n) is 11.3. The van der Waals surface area contributed by atoms with E-state index in [1.165, 1.54) is 12.8 Å². The molecular weight excluding hydrogens is 188 g/mol. The third-order valence-corrected chi connectivity index (χ3v) is 2.19. The first-order valence-electron chi connectivity index (χ1n) is 6.15.